The Morgan fingerprint density at radius 2 is 1.88 bits per heavy atom. The average Bonchev–Trinajstić information content (AvgIpc) is 3.15. The number of hydrogen-bond donors (Lipinski definition) is 2. The van der Waals surface area contributed by atoms with Gasteiger partial charge in [0.05, 0.1) is 19.3 Å². The first-order valence-electron chi connectivity index (χ1n) is 9.66. The minimum Gasteiger partial charge on any atom is -0.379 e. The highest BCUT2D eigenvalue weighted by molar-refractivity contribution is 14.0. The first kappa shape index (κ1) is 22.9. The Labute approximate surface area is 170 Å². The van der Waals surface area contributed by atoms with E-state index in [4.69, 9.17) is 9.47 Å². The van der Waals surface area contributed by atoms with Crippen LogP contribution in [0.5, 0.6) is 0 Å². The fourth-order valence-corrected chi connectivity index (χ4v) is 3.77. The quantitative estimate of drug-likeness (QED) is 0.325. The summed E-state index contributed by atoms with van der Waals surface area (Å²) in [5.41, 5.74) is 0. The van der Waals surface area contributed by atoms with Gasteiger partial charge in [0.15, 0.2) is 5.96 Å². The Balaban J connectivity index is 0.00000312. The number of hydrogen-bond acceptors (Lipinski definition) is 4. The third-order valence-electron chi connectivity index (χ3n) is 5.33. The molecule has 0 amide bonds. The Hall–Kier alpha value is -0.120. The van der Waals surface area contributed by atoms with Gasteiger partial charge in [-0.3, -0.25) is 9.89 Å². The van der Waals surface area contributed by atoms with Crippen LogP contribution < -0.4 is 10.6 Å². The molecule has 2 aliphatic heterocycles. The molecule has 0 bridgehead atoms. The van der Waals surface area contributed by atoms with Gasteiger partial charge in [-0.05, 0) is 18.8 Å². The van der Waals surface area contributed by atoms with E-state index in [1.54, 1.807) is 0 Å². The van der Waals surface area contributed by atoms with Crippen LogP contribution in [0.2, 0.25) is 0 Å². The first-order valence-corrected chi connectivity index (χ1v) is 9.66. The molecule has 2 fully saturated rings. The van der Waals surface area contributed by atoms with E-state index in [2.05, 4.69) is 34.4 Å². The molecular formula is C18H37IN4O2. The van der Waals surface area contributed by atoms with Gasteiger partial charge in [-0.15, -0.1) is 24.0 Å². The summed E-state index contributed by atoms with van der Waals surface area (Å²) in [6, 6.07) is 0.533. The van der Waals surface area contributed by atoms with E-state index in [1.165, 1.54) is 19.3 Å². The van der Waals surface area contributed by atoms with E-state index in [0.717, 1.165) is 58.4 Å². The number of morpholine rings is 1. The number of halogens is 1. The number of nitrogens with zero attached hydrogens (tertiary/aromatic N) is 2. The highest BCUT2D eigenvalue weighted by Gasteiger charge is 2.27. The number of rotatable bonds is 8. The summed E-state index contributed by atoms with van der Waals surface area (Å²) in [5, 5.41) is 6.96. The molecule has 2 heterocycles. The molecule has 0 spiro atoms. The summed E-state index contributed by atoms with van der Waals surface area (Å²) in [6.07, 6.45) is 5.07. The molecule has 2 rings (SSSR count). The molecule has 148 valence electrons. The number of aliphatic imine (C=N–C) groups is 1. The van der Waals surface area contributed by atoms with Crippen LogP contribution in [0.15, 0.2) is 4.99 Å². The molecule has 2 atom stereocenters. The monoisotopic (exact) mass is 468 g/mol. The van der Waals surface area contributed by atoms with Crippen LogP contribution in [0, 0.1) is 5.92 Å². The van der Waals surface area contributed by atoms with Crippen molar-refractivity contribution in [2.75, 3.05) is 53.0 Å². The minimum atomic E-state index is 0. The zero-order valence-corrected chi connectivity index (χ0v) is 18.5. The van der Waals surface area contributed by atoms with Crippen LogP contribution in [0.1, 0.15) is 39.5 Å². The van der Waals surface area contributed by atoms with Crippen molar-refractivity contribution in [2.24, 2.45) is 10.9 Å². The maximum Gasteiger partial charge on any atom is 0.191 e. The van der Waals surface area contributed by atoms with Crippen LogP contribution in [-0.2, 0) is 9.47 Å². The number of ether oxygens (including phenoxy) is 2. The normalized spacial score (nSPS) is 23.4. The van der Waals surface area contributed by atoms with Crippen LogP contribution in [0.3, 0.4) is 0 Å². The SMILES string of the molecule is CCC(CC)C(CNC(=NC)NCC1CCCO1)N1CCOCC1.I. The third-order valence-corrected chi connectivity index (χ3v) is 5.33. The van der Waals surface area contributed by atoms with Crippen molar-refractivity contribution in [3.63, 3.8) is 0 Å². The minimum absolute atomic E-state index is 0. The van der Waals surface area contributed by atoms with Gasteiger partial charge in [0.2, 0.25) is 0 Å². The fourth-order valence-electron chi connectivity index (χ4n) is 3.77. The molecule has 25 heavy (non-hydrogen) atoms. The summed E-state index contributed by atoms with van der Waals surface area (Å²) in [4.78, 5) is 6.96. The maximum atomic E-state index is 5.67. The third kappa shape index (κ3) is 7.56. The van der Waals surface area contributed by atoms with Crippen molar-refractivity contribution < 1.29 is 9.47 Å². The zero-order chi connectivity index (χ0) is 17.2. The standard InChI is InChI=1S/C18H36N4O2.HI/c1-4-15(5-2)17(22-8-11-23-12-9-22)14-21-18(19-3)20-13-16-7-6-10-24-16;/h15-17H,4-14H2,1-3H3,(H2,19,20,21);1H. The lowest BCUT2D eigenvalue weighted by Gasteiger charge is -2.39. The largest absolute Gasteiger partial charge is 0.379 e. The predicted octanol–water partition coefficient (Wildman–Crippen LogP) is 2.09. The lowest BCUT2D eigenvalue weighted by Crippen LogP contribution is -2.53. The van der Waals surface area contributed by atoms with Gasteiger partial charge in [0.1, 0.15) is 0 Å². The molecular weight excluding hydrogens is 431 g/mol. The molecule has 0 aromatic rings. The fraction of sp³-hybridized carbons (Fsp3) is 0.944. The van der Waals surface area contributed by atoms with Crippen molar-refractivity contribution in [3.8, 4) is 0 Å². The van der Waals surface area contributed by atoms with Gasteiger partial charge >= 0.3 is 0 Å². The molecule has 7 heteroatoms. The molecule has 6 nitrogen and oxygen atoms in total. The molecule has 0 aromatic heterocycles. The average molecular weight is 468 g/mol. The second-order valence-corrected chi connectivity index (χ2v) is 6.76. The van der Waals surface area contributed by atoms with E-state index in [1.807, 2.05) is 7.05 Å². The molecule has 2 N–H and O–H groups in total. The van der Waals surface area contributed by atoms with Crippen LogP contribution >= 0.6 is 24.0 Å². The van der Waals surface area contributed by atoms with Crippen molar-refractivity contribution in [3.05, 3.63) is 0 Å². The van der Waals surface area contributed by atoms with Crippen molar-refractivity contribution in [1.82, 2.24) is 15.5 Å². The van der Waals surface area contributed by atoms with Crippen LogP contribution in [-0.4, -0.2) is 76.1 Å². The topological polar surface area (TPSA) is 58.1 Å². The van der Waals surface area contributed by atoms with E-state index >= 15 is 0 Å². The molecule has 0 aliphatic carbocycles. The molecule has 2 unspecified atom stereocenters. The first-order chi connectivity index (χ1) is 11.8. The van der Waals surface area contributed by atoms with Gasteiger partial charge in [0, 0.05) is 45.9 Å². The Bertz CT molecular complexity index is 368. The van der Waals surface area contributed by atoms with Crippen molar-refractivity contribution in [1.29, 1.82) is 0 Å². The summed E-state index contributed by atoms with van der Waals surface area (Å²) >= 11 is 0. The van der Waals surface area contributed by atoms with E-state index < -0.39 is 0 Å². The molecule has 0 radical (unpaired) electrons. The molecule has 0 saturated carbocycles. The van der Waals surface area contributed by atoms with E-state index in [-0.39, 0.29) is 24.0 Å². The predicted molar refractivity (Wildman–Crippen MR) is 114 cm³/mol. The van der Waals surface area contributed by atoms with Gasteiger partial charge in [-0.1, -0.05) is 26.7 Å². The maximum absolute atomic E-state index is 5.67. The molecule has 0 aromatic carbocycles. The lowest BCUT2D eigenvalue weighted by atomic mass is 9.92. The number of guanidine groups is 1. The highest BCUT2D eigenvalue weighted by Crippen LogP contribution is 2.19. The van der Waals surface area contributed by atoms with Gasteiger partial charge in [-0.2, -0.15) is 0 Å². The van der Waals surface area contributed by atoms with Crippen LogP contribution in [0.25, 0.3) is 0 Å². The second-order valence-electron chi connectivity index (χ2n) is 6.76. The van der Waals surface area contributed by atoms with Gasteiger partial charge in [0.25, 0.3) is 0 Å². The van der Waals surface area contributed by atoms with E-state index in [0.29, 0.717) is 18.1 Å². The Morgan fingerprint density at radius 1 is 1.16 bits per heavy atom. The lowest BCUT2D eigenvalue weighted by molar-refractivity contribution is 0.00270. The number of nitrogens with one attached hydrogen (secondary N) is 2. The van der Waals surface area contributed by atoms with Gasteiger partial charge in [-0.25, -0.2) is 0 Å². The van der Waals surface area contributed by atoms with Crippen molar-refractivity contribution >= 4 is 29.9 Å². The van der Waals surface area contributed by atoms with E-state index in [9.17, 15) is 0 Å². The summed E-state index contributed by atoms with van der Waals surface area (Å²) in [6.45, 7) is 11.0. The summed E-state index contributed by atoms with van der Waals surface area (Å²) in [7, 11) is 1.84. The zero-order valence-electron chi connectivity index (χ0n) is 16.1. The second kappa shape index (κ2) is 13.1. The summed E-state index contributed by atoms with van der Waals surface area (Å²) < 4.78 is 11.2. The smallest absolute Gasteiger partial charge is 0.191 e. The highest BCUT2D eigenvalue weighted by atomic mass is 127. The van der Waals surface area contributed by atoms with Gasteiger partial charge < -0.3 is 20.1 Å². The van der Waals surface area contributed by atoms with Crippen molar-refractivity contribution in [2.45, 2.75) is 51.7 Å². The molecule has 2 saturated heterocycles. The van der Waals surface area contributed by atoms with Crippen LogP contribution in [0.4, 0.5) is 0 Å². The Kier molecular flexibility index (Phi) is 12.0. The molecule has 2 aliphatic rings. The summed E-state index contributed by atoms with van der Waals surface area (Å²) in [5.74, 6) is 1.58. The Morgan fingerprint density at radius 3 is 2.44 bits per heavy atom.